The lowest BCUT2D eigenvalue weighted by Crippen LogP contribution is -2.18. The number of rotatable bonds is 6. The summed E-state index contributed by atoms with van der Waals surface area (Å²) in [6.07, 6.45) is 1.65. The largest absolute Gasteiger partial charge is 0.397 e. The van der Waals surface area contributed by atoms with E-state index in [1.54, 1.807) is 25.2 Å². The number of nitrogens with two attached hydrogens (primary N) is 1. The fraction of sp³-hybridized carbons (Fsp3) is 0.417. The number of hydrogen-bond donors (Lipinski definition) is 4. The molecule has 5 N–H and O–H groups in total. The monoisotopic (exact) mass is 237 g/mol. The maximum Gasteiger partial charge on any atom is 0.251 e. The zero-order chi connectivity index (χ0) is 12.7. The highest BCUT2D eigenvalue weighted by Gasteiger charge is 2.05. The van der Waals surface area contributed by atoms with Crippen molar-refractivity contribution in [2.75, 3.05) is 31.2 Å². The molecule has 1 aromatic carbocycles. The van der Waals surface area contributed by atoms with Gasteiger partial charge in [-0.25, -0.2) is 0 Å². The van der Waals surface area contributed by atoms with Gasteiger partial charge in [-0.1, -0.05) is 0 Å². The van der Waals surface area contributed by atoms with Crippen LogP contribution in [0.5, 0.6) is 0 Å². The summed E-state index contributed by atoms with van der Waals surface area (Å²) in [5.74, 6) is -0.150. The van der Waals surface area contributed by atoms with Crippen LogP contribution in [-0.2, 0) is 0 Å². The van der Waals surface area contributed by atoms with Crippen molar-refractivity contribution in [1.29, 1.82) is 0 Å². The van der Waals surface area contributed by atoms with Crippen LogP contribution < -0.4 is 16.4 Å². The Morgan fingerprint density at radius 1 is 1.41 bits per heavy atom. The van der Waals surface area contributed by atoms with Gasteiger partial charge in [0, 0.05) is 25.8 Å². The fourth-order valence-electron chi connectivity index (χ4n) is 1.47. The molecule has 0 aliphatic carbocycles. The molecular formula is C12H19N3O2. The highest BCUT2D eigenvalue weighted by Crippen LogP contribution is 2.19. The normalized spacial score (nSPS) is 10.0. The molecule has 0 fully saturated rings. The average Bonchev–Trinajstić information content (AvgIpc) is 2.35. The minimum Gasteiger partial charge on any atom is -0.397 e. The molecule has 0 spiro atoms. The smallest absolute Gasteiger partial charge is 0.251 e. The van der Waals surface area contributed by atoms with Crippen molar-refractivity contribution >= 4 is 17.3 Å². The van der Waals surface area contributed by atoms with Gasteiger partial charge in [0.25, 0.3) is 5.91 Å². The van der Waals surface area contributed by atoms with Crippen LogP contribution in [0.3, 0.4) is 0 Å². The third kappa shape index (κ3) is 3.96. The van der Waals surface area contributed by atoms with E-state index >= 15 is 0 Å². The zero-order valence-corrected chi connectivity index (χ0v) is 9.99. The second-order valence-electron chi connectivity index (χ2n) is 3.74. The van der Waals surface area contributed by atoms with Gasteiger partial charge in [-0.2, -0.15) is 0 Å². The van der Waals surface area contributed by atoms with Crippen LogP contribution in [0.4, 0.5) is 11.4 Å². The van der Waals surface area contributed by atoms with E-state index in [4.69, 9.17) is 10.8 Å². The Hall–Kier alpha value is -1.75. The number of nitrogens with one attached hydrogen (secondary N) is 2. The lowest BCUT2D eigenvalue weighted by molar-refractivity contribution is 0.0963. The molecule has 0 unspecified atom stereocenters. The molecule has 1 aromatic rings. The van der Waals surface area contributed by atoms with Crippen molar-refractivity contribution in [3.05, 3.63) is 23.8 Å². The molecule has 0 atom stereocenters. The van der Waals surface area contributed by atoms with E-state index in [0.717, 1.165) is 25.1 Å². The molecule has 0 heterocycles. The van der Waals surface area contributed by atoms with E-state index in [1.165, 1.54) is 0 Å². The second-order valence-corrected chi connectivity index (χ2v) is 3.74. The van der Waals surface area contributed by atoms with Crippen LogP contribution in [0.2, 0.25) is 0 Å². The number of carbonyl (C=O) groups excluding carboxylic acids is 1. The Labute approximate surface area is 101 Å². The number of aliphatic hydroxyl groups excluding tert-OH is 1. The molecule has 5 heteroatoms. The molecule has 5 nitrogen and oxygen atoms in total. The van der Waals surface area contributed by atoms with Crippen molar-refractivity contribution in [3.8, 4) is 0 Å². The Bertz CT molecular complexity index is 380. The van der Waals surface area contributed by atoms with Crippen molar-refractivity contribution in [2.45, 2.75) is 12.8 Å². The van der Waals surface area contributed by atoms with Crippen LogP contribution in [0, 0.1) is 0 Å². The van der Waals surface area contributed by atoms with E-state index in [-0.39, 0.29) is 12.5 Å². The SMILES string of the molecule is CNC(=O)c1ccc(NCCCCO)c(N)c1. The summed E-state index contributed by atoms with van der Waals surface area (Å²) in [7, 11) is 1.58. The average molecular weight is 237 g/mol. The first-order chi connectivity index (χ1) is 8.19. The molecule has 0 aliphatic heterocycles. The number of benzene rings is 1. The first-order valence-electron chi connectivity index (χ1n) is 5.65. The Morgan fingerprint density at radius 2 is 2.18 bits per heavy atom. The summed E-state index contributed by atoms with van der Waals surface area (Å²) in [5.41, 5.74) is 7.75. The number of anilines is 2. The molecule has 0 saturated heterocycles. The minimum atomic E-state index is -0.150. The van der Waals surface area contributed by atoms with Crippen molar-refractivity contribution < 1.29 is 9.90 Å². The molecule has 0 radical (unpaired) electrons. The Kier molecular flexibility index (Phi) is 5.29. The predicted molar refractivity (Wildman–Crippen MR) is 69.1 cm³/mol. The molecule has 1 rings (SSSR count). The van der Waals surface area contributed by atoms with Gasteiger partial charge in [-0.05, 0) is 31.0 Å². The van der Waals surface area contributed by atoms with E-state index in [9.17, 15) is 4.79 Å². The fourth-order valence-corrected chi connectivity index (χ4v) is 1.47. The van der Waals surface area contributed by atoms with Crippen LogP contribution in [0.1, 0.15) is 23.2 Å². The van der Waals surface area contributed by atoms with E-state index in [0.29, 0.717) is 11.3 Å². The quantitative estimate of drug-likeness (QED) is 0.435. The van der Waals surface area contributed by atoms with Gasteiger partial charge in [-0.15, -0.1) is 0 Å². The van der Waals surface area contributed by atoms with Gasteiger partial charge >= 0.3 is 0 Å². The summed E-state index contributed by atoms with van der Waals surface area (Å²) in [5, 5.41) is 14.4. The van der Waals surface area contributed by atoms with E-state index < -0.39 is 0 Å². The molecule has 94 valence electrons. The van der Waals surface area contributed by atoms with E-state index in [2.05, 4.69) is 10.6 Å². The highest BCUT2D eigenvalue weighted by atomic mass is 16.2. The first kappa shape index (κ1) is 13.3. The molecule has 0 saturated carbocycles. The summed E-state index contributed by atoms with van der Waals surface area (Å²) in [6.45, 7) is 0.955. The Balaban J connectivity index is 2.60. The minimum absolute atomic E-state index is 0.150. The maximum absolute atomic E-state index is 11.4. The van der Waals surface area contributed by atoms with Gasteiger partial charge in [0.2, 0.25) is 0 Å². The van der Waals surface area contributed by atoms with Crippen LogP contribution in [0.25, 0.3) is 0 Å². The number of unbranched alkanes of at least 4 members (excludes halogenated alkanes) is 1. The maximum atomic E-state index is 11.4. The van der Waals surface area contributed by atoms with Gasteiger partial charge in [0.1, 0.15) is 0 Å². The van der Waals surface area contributed by atoms with Crippen LogP contribution in [-0.4, -0.2) is 31.2 Å². The lowest BCUT2D eigenvalue weighted by Gasteiger charge is -2.10. The molecule has 0 bridgehead atoms. The standard InChI is InChI=1S/C12H19N3O2/c1-14-12(17)9-4-5-11(10(13)8-9)15-6-2-3-7-16/h4-5,8,15-16H,2-3,6-7,13H2,1H3,(H,14,17). The molecule has 0 aromatic heterocycles. The van der Waals surface area contributed by atoms with E-state index in [1.807, 2.05) is 0 Å². The number of carbonyl (C=O) groups is 1. The number of amides is 1. The highest BCUT2D eigenvalue weighted by molar-refractivity contribution is 5.95. The molecule has 0 aliphatic rings. The first-order valence-corrected chi connectivity index (χ1v) is 5.65. The summed E-state index contributed by atoms with van der Waals surface area (Å²) < 4.78 is 0. The van der Waals surface area contributed by atoms with Gasteiger partial charge in [0.05, 0.1) is 11.4 Å². The summed E-state index contributed by atoms with van der Waals surface area (Å²) in [6, 6.07) is 5.16. The number of hydrogen-bond acceptors (Lipinski definition) is 4. The molecule has 17 heavy (non-hydrogen) atoms. The topological polar surface area (TPSA) is 87.4 Å². The third-order valence-electron chi connectivity index (χ3n) is 2.44. The summed E-state index contributed by atoms with van der Waals surface area (Å²) in [4.78, 5) is 11.4. The predicted octanol–water partition coefficient (Wildman–Crippen LogP) is 0.813. The van der Waals surface area contributed by atoms with Gasteiger partial charge < -0.3 is 21.5 Å². The molecular weight excluding hydrogens is 218 g/mol. The van der Waals surface area contributed by atoms with Crippen LogP contribution >= 0.6 is 0 Å². The third-order valence-corrected chi connectivity index (χ3v) is 2.44. The van der Waals surface area contributed by atoms with Crippen LogP contribution in [0.15, 0.2) is 18.2 Å². The van der Waals surface area contributed by atoms with Crippen molar-refractivity contribution in [3.63, 3.8) is 0 Å². The Morgan fingerprint density at radius 3 is 2.76 bits per heavy atom. The molecule has 1 amide bonds. The van der Waals surface area contributed by atoms with Crippen molar-refractivity contribution in [2.24, 2.45) is 0 Å². The van der Waals surface area contributed by atoms with Gasteiger partial charge in [0.15, 0.2) is 0 Å². The number of aliphatic hydroxyl groups is 1. The summed E-state index contributed by atoms with van der Waals surface area (Å²) >= 11 is 0. The lowest BCUT2D eigenvalue weighted by atomic mass is 10.1. The van der Waals surface area contributed by atoms with Gasteiger partial charge in [-0.3, -0.25) is 4.79 Å². The number of nitrogen functional groups attached to an aromatic ring is 1. The second kappa shape index (κ2) is 6.75. The van der Waals surface area contributed by atoms with Crippen molar-refractivity contribution in [1.82, 2.24) is 5.32 Å². The zero-order valence-electron chi connectivity index (χ0n) is 9.99.